The molecular weight excluding hydrogens is 418 g/mol. The van der Waals surface area contributed by atoms with Crippen LogP contribution >= 0.6 is 0 Å². The second kappa shape index (κ2) is 8.73. The number of carbonyl (C=O) groups excluding carboxylic acids is 2. The zero-order chi connectivity index (χ0) is 21.8. The highest BCUT2D eigenvalue weighted by atomic mass is 32.2. The maximum absolute atomic E-state index is 12.8. The molecule has 1 aliphatic heterocycles. The largest absolute Gasteiger partial charge is 0.451 e. The Hall–Kier alpha value is -3.46. The molecule has 1 amide bonds. The van der Waals surface area contributed by atoms with Gasteiger partial charge in [0, 0.05) is 11.6 Å². The van der Waals surface area contributed by atoms with Gasteiger partial charge in [0.1, 0.15) is 0 Å². The summed E-state index contributed by atoms with van der Waals surface area (Å²) in [5, 5.41) is 7.15. The molecule has 0 aliphatic carbocycles. The van der Waals surface area contributed by atoms with E-state index in [-0.39, 0.29) is 17.2 Å². The number of hydrogen-bond acceptors (Lipinski definition) is 6. The molecule has 0 spiro atoms. The lowest BCUT2D eigenvalue weighted by atomic mass is 10.1. The van der Waals surface area contributed by atoms with Gasteiger partial charge < -0.3 is 10.1 Å². The third-order valence-electron chi connectivity index (χ3n) is 4.92. The lowest BCUT2D eigenvalue weighted by molar-refractivity contribution is -0.124. The molecule has 2 aromatic carbocycles. The predicted molar refractivity (Wildman–Crippen MR) is 114 cm³/mol. The molecule has 1 fully saturated rings. The minimum atomic E-state index is -3.11. The van der Waals surface area contributed by atoms with Crippen LogP contribution in [0.1, 0.15) is 16.9 Å². The monoisotopic (exact) mass is 439 g/mol. The highest BCUT2D eigenvalue weighted by molar-refractivity contribution is 7.91. The first kappa shape index (κ1) is 20.8. The zero-order valence-corrected chi connectivity index (χ0v) is 17.4. The van der Waals surface area contributed by atoms with Crippen molar-refractivity contribution in [3.8, 4) is 16.9 Å². The number of benzene rings is 2. The van der Waals surface area contributed by atoms with Crippen LogP contribution in [0.3, 0.4) is 0 Å². The smallest absolute Gasteiger partial charge is 0.357 e. The third kappa shape index (κ3) is 5.00. The summed E-state index contributed by atoms with van der Waals surface area (Å²) in [7, 11) is -3.11. The molecule has 3 aromatic rings. The van der Waals surface area contributed by atoms with Gasteiger partial charge in [0.15, 0.2) is 22.1 Å². The van der Waals surface area contributed by atoms with E-state index in [1.165, 1.54) is 4.68 Å². The second-order valence-electron chi connectivity index (χ2n) is 7.27. The molecule has 1 aliphatic rings. The van der Waals surface area contributed by atoms with Crippen molar-refractivity contribution in [1.82, 2.24) is 15.1 Å². The molecule has 0 saturated carbocycles. The van der Waals surface area contributed by atoms with Gasteiger partial charge in [-0.25, -0.2) is 17.9 Å². The first-order chi connectivity index (χ1) is 14.9. The average molecular weight is 439 g/mol. The van der Waals surface area contributed by atoms with Crippen molar-refractivity contribution in [3.05, 3.63) is 72.4 Å². The van der Waals surface area contributed by atoms with E-state index in [9.17, 15) is 18.0 Å². The summed E-state index contributed by atoms with van der Waals surface area (Å²) in [5.74, 6) is -1.28. The normalized spacial score (nSPS) is 17.2. The van der Waals surface area contributed by atoms with E-state index in [4.69, 9.17) is 4.74 Å². The number of nitrogens with zero attached hydrogens (tertiary/aromatic N) is 2. The van der Waals surface area contributed by atoms with E-state index in [1.54, 1.807) is 6.07 Å². The van der Waals surface area contributed by atoms with Gasteiger partial charge in [0.25, 0.3) is 5.91 Å². The summed E-state index contributed by atoms with van der Waals surface area (Å²) in [6, 6.07) is 19.7. The number of hydrogen-bond donors (Lipinski definition) is 1. The Balaban J connectivity index is 1.50. The van der Waals surface area contributed by atoms with Crippen molar-refractivity contribution in [2.24, 2.45) is 0 Å². The van der Waals surface area contributed by atoms with Crippen LogP contribution in [-0.2, 0) is 19.4 Å². The number of aromatic nitrogens is 2. The molecule has 2 heterocycles. The molecule has 1 aromatic heterocycles. The van der Waals surface area contributed by atoms with E-state index < -0.39 is 34.4 Å². The van der Waals surface area contributed by atoms with Gasteiger partial charge in [-0.1, -0.05) is 48.5 Å². The Kier molecular flexibility index (Phi) is 5.85. The highest BCUT2D eigenvalue weighted by Crippen LogP contribution is 2.22. The fraction of sp³-hybridized carbons (Fsp3) is 0.227. The SMILES string of the molecule is O=C(COC(=O)c1cc(-c2ccccc2)nn1-c1ccccc1)N[C@@H]1CCS(=O)(=O)C1. The Bertz CT molecular complexity index is 1190. The molecule has 4 rings (SSSR count). The van der Waals surface area contributed by atoms with Crippen LogP contribution in [0.2, 0.25) is 0 Å². The first-order valence-corrected chi connectivity index (χ1v) is 11.6. The van der Waals surface area contributed by atoms with Crippen molar-refractivity contribution in [2.75, 3.05) is 18.1 Å². The van der Waals surface area contributed by atoms with Gasteiger partial charge in [-0.15, -0.1) is 0 Å². The first-order valence-electron chi connectivity index (χ1n) is 9.79. The van der Waals surface area contributed by atoms with Crippen molar-refractivity contribution in [3.63, 3.8) is 0 Å². The van der Waals surface area contributed by atoms with Crippen LogP contribution < -0.4 is 5.32 Å². The number of rotatable bonds is 6. The molecule has 0 unspecified atom stereocenters. The standard InChI is InChI=1S/C22H21N3O5S/c26-21(23-17-11-12-31(28,29)15-17)14-30-22(27)20-13-19(16-7-3-1-4-8-16)24-25(20)18-9-5-2-6-10-18/h1-10,13,17H,11-12,14-15H2,(H,23,26)/t17-/m1/s1. The number of sulfone groups is 1. The van der Waals surface area contributed by atoms with Gasteiger partial charge >= 0.3 is 5.97 Å². The Morgan fingerprint density at radius 1 is 1.06 bits per heavy atom. The molecule has 1 atom stereocenters. The zero-order valence-electron chi connectivity index (χ0n) is 16.6. The number of amides is 1. The second-order valence-corrected chi connectivity index (χ2v) is 9.50. The fourth-order valence-electron chi connectivity index (χ4n) is 3.43. The number of carbonyl (C=O) groups is 2. The number of ether oxygens (including phenoxy) is 1. The number of para-hydroxylation sites is 1. The quantitative estimate of drug-likeness (QED) is 0.589. The minimum Gasteiger partial charge on any atom is -0.451 e. The van der Waals surface area contributed by atoms with Gasteiger partial charge in [-0.3, -0.25) is 4.79 Å². The van der Waals surface area contributed by atoms with Crippen LogP contribution in [0.4, 0.5) is 0 Å². The van der Waals surface area contributed by atoms with E-state index in [0.29, 0.717) is 17.8 Å². The maximum atomic E-state index is 12.8. The maximum Gasteiger partial charge on any atom is 0.357 e. The summed E-state index contributed by atoms with van der Waals surface area (Å²) in [4.78, 5) is 24.9. The minimum absolute atomic E-state index is 0.0518. The van der Waals surface area contributed by atoms with Crippen molar-refractivity contribution in [2.45, 2.75) is 12.5 Å². The van der Waals surface area contributed by atoms with Gasteiger partial charge in [-0.05, 0) is 24.6 Å². The average Bonchev–Trinajstić information content (AvgIpc) is 3.37. The topological polar surface area (TPSA) is 107 Å². The fourth-order valence-corrected chi connectivity index (χ4v) is 5.10. The van der Waals surface area contributed by atoms with Gasteiger partial charge in [0.05, 0.1) is 22.9 Å². The van der Waals surface area contributed by atoms with Crippen LogP contribution in [0.15, 0.2) is 66.7 Å². The number of esters is 1. The Labute approximate surface area is 179 Å². The molecular formula is C22H21N3O5S. The molecule has 8 nitrogen and oxygen atoms in total. The summed E-state index contributed by atoms with van der Waals surface area (Å²) in [6.45, 7) is -0.504. The van der Waals surface area contributed by atoms with E-state index in [0.717, 1.165) is 5.56 Å². The summed E-state index contributed by atoms with van der Waals surface area (Å²) in [5.41, 5.74) is 2.29. The summed E-state index contributed by atoms with van der Waals surface area (Å²) in [6.07, 6.45) is 0.364. The summed E-state index contributed by atoms with van der Waals surface area (Å²) >= 11 is 0. The molecule has 31 heavy (non-hydrogen) atoms. The molecule has 0 bridgehead atoms. The van der Waals surface area contributed by atoms with E-state index >= 15 is 0 Å². The number of nitrogens with one attached hydrogen (secondary N) is 1. The molecule has 160 valence electrons. The molecule has 1 saturated heterocycles. The Morgan fingerprint density at radius 2 is 1.74 bits per heavy atom. The molecule has 0 radical (unpaired) electrons. The highest BCUT2D eigenvalue weighted by Gasteiger charge is 2.29. The third-order valence-corrected chi connectivity index (χ3v) is 6.69. The van der Waals surface area contributed by atoms with Crippen molar-refractivity contribution >= 4 is 21.7 Å². The molecule has 1 N–H and O–H groups in total. The van der Waals surface area contributed by atoms with Crippen LogP contribution in [0, 0.1) is 0 Å². The lowest BCUT2D eigenvalue weighted by Gasteiger charge is -2.11. The van der Waals surface area contributed by atoms with Gasteiger partial charge in [-0.2, -0.15) is 5.10 Å². The van der Waals surface area contributed by atoms with Gasteiger partial charge in [0.2, 0.25) is 0 Å². The van der Waals surface area contributed by atoms with Crippen LogP contribution in [0.5, 0.6) is 0 Å². The van der Waals surface area contributed by atoms with Crippen LogP contribution in [0.25, 0.3) is 16.9 Å². The van der Waals surface area contributed by atoms with Crippen molar-refractivity contribution in [1.29, 1.82) is 0 Å². The molecule has 9 heteroatoms. The van der Waals surface area contributed by atoms with E-state index in [2.05, 4.69) is 10.4 Å². The lowest BCUT2D eigenvalue weighted by Crippen LogP contribution is -2.38. The Morgan fingerprint density at radius 3 is 2.39 bits per heavy atom. The van der Waals surface area contributed by atoms with Crippen LogP contribution in [-0.4, -0.2) is 54.2 Å². The predicted octanol–water partition coefficient (Wildman–Crippen LogP) is 2.00. The van der Waals surface area contributed by atoms with Crippen molar-refractivity contribution < 1.29 is 22.7 Å². The van der Waals surface area contributed by atoms with E-state index in [1.807, 2.05) is 60.7 Å². The summed E-state index contributed by atoms with van der Waals surface area (Å²) < 4.78 is 29.7.